The van der Waals surface area contributed by atoms with Gasteiger partial charge in [-0.05, 0) is 26.3 Å². The molecule has 1 aromatic rings. The molecule has 3 heteroatoms. The van der Waals surface area contributed by atoms with Crippen LogP contribution in [0.4, 0.5) is 0 Å². The maximum atomic E-state index is 4.06. The molecule has 0 unspecified atom stereocenters. The second-order valence-corrected chi connectivity index (χ2v) is 3.54. The number of aromatic nitrogens is 2. The Labute approximate surface area is 72.8 Å². The lowest BCUT2D eigenvalue weighted by molar-refractivity contribution is 0.313. The molecule has 1 aromatic heterocycles. The lowest BCUT2D eigenvalue weighted by Crippen LogP contribution is -2.36. The lowest BCUT2D eigenvalue weighted by Gasteiger charge is -2.28. The van der Waals surface area contributed by atoms with Gasteiger partial charge in [0.2, 0.25) is 0 Å². The Morgan fingerprint density at radius 3 is 3.17 bits per heavy atom. The molecule has 3 nitrogen and oxygen atoms in total. The van der Waals surface area contributed by atoms with Crippen molar-refractivity contribution in [2.75, 3.05) is 6.54 Å². The smallest absolute Gasteiger partial charge is 0.0948 e. The minimum absolute atomic E-state index is 0.645. The molecule has 1 aliphatic rings. The molecule has 0 amide bonds. The molecule has 2 atom stereocenters. The first kappa shape index (κ1) is 7.80. The second-order valence-electron chi connectivity index (χ2n) is 3.54. The summed E-state index contributed by atoms with van der Waals surface area (Å²) < 4.78 is 2.22. The fourth-order valence-electron chi connectivity index (χ4n) is 1.86. The maximum Gasteiger partial charge on any atom is 0.0948 e. The highest BCUT2D eigenvalue weighted by Gasteiger charge is 2.18. The number of rotatable bonds is 1. The Hall–Kier alpha value is -0.830. The van der Waals surface area contributed by atoms with Crippen molar-refractivity contribution in [2.24, 2.45) is 0 Å². The number of nitrogens with zero attached hydrogens (tertiary/aromatic N) is 2. The summed E-state index contributed by atoms with van der Waals surface area (Å²) in [4.78, 5) is 4.06. The number of piperidine rings is 1. The van der Waals surface area contributed by atoms with Crippen molar-refractivity contribution in [3.8, 4) is 0 Å². The van der Waals surface area contributed by atoms with E-state index in [1.165, 1.54) is 12.8 Å². The molecule has 66 valence electrons. The first-order chi connectivity index (χ1) is 5.86. The third-order valence-electron chi connectivity index (χ3n) is 2.54. The first-order valence-electron chi connectivity index (χ1n) is 4.57. The summed E-state index contributed by atoms with van der Waals surface area (Å²) in [6.07, 6.45) is 8.27. The van der Waals surface area contributed by atoms with Gasteiger partial charge < -0.3 is 9.88 Å². The van der Waals surface area contributed by atoms with Gasteiger partial charge in [0, 0.05) is 24.5 Å². The first-order valence-corrected chi connectivity index (χ1v) is 4.57. The van der Waals surface area contributed by atoms with Crippen LogP contribution in [0.1, 0.15) is 25.8 Å². The van der Waals surface area contributed by atoms with Gasteiger partial charge in [0.25, 0.3) is 0 Å². The number of hydrogen-bond donors (Lipinski definition) is 1. The number of nitrogens with one attached hydrogen (secondary N) is 1. The van der Waals surface area contributed by atoms with Crippen molar-refractivity contribution in [2.45, 2.75) is 31.8 Å². The predicted octanol–water partition coefficient (Wildman–Crippen LogP) is 1.20. The zero-order valence-corrected chi connectivity index (χ0v) is 7.40. The Morgan fingerprint density at radius 1 is 1.58 bits per heavy atom. The highest BCUT2D eigenvalue weighted by molar-refractivity contribution is 4.85. The van der Waals surface area contributed by atoms with Gasteiger partial charge in [0.05, 0.1) is 6.33 Å². The standard InChI is InChI=1S/C9H15N3/c1-8-6-9(2-3-11-8)12-5-4-10-7-12/h4-5,7-9,11H,2-3,6H2,1H3/t8-,9+/m0/s1. The van der Waals surface area contributed by atoms with E-state index < -0.39 is 0 Å². The van der Waals surface area contributed by atoms with Crippen molar-refractivity contribution >= 4 is 0 Å². The number of hydrogen-bond acceptors (Lipinski definition) is 2. The van der Waals surface area contributed by atoms with Gasteiger partial charge in [-0.25, -0.2) is 4.98 Å². The van der Waals surface area contributed by atoms with Crippen LogP contribution in [-0.2, 0) is 0 Å². The molecule has 0 radical (unpaired) electrons. The third-order valence-corrected chi connectivity index (χ3v) is 2.54. The molecule has 0 saturated carbocycles. The summed E-state index contributed by atoms with van der Waals surface area (Å²) >= 11 is 0. The summed E-state index contributed by atoms with van der Waals surface area (Å²) in [7, 11) is 0. The van der Waals surface area contributed by atoms with Gasteiger partial charge in [-0.1, -0.05) is 0 Å². The zero-order chi connectivity index (χ0) is 8.39. The topological polar surface area (TPSA) is 29.9 Å². The van der Waals surface area contributed by atoms with Crippen LogP contribution in [0.3, 0.4) is 0 Å². The number of imidazole rings is 1. The minimum atomic E-state index is 0.645. The third kappa shape index (κ3) is 1.50. The van der Waals surface area contributed by atoms with Crippen molar-refractivity contribution in [1.29, 1.82) is 0 Å². The average molecular weight is 165 g/mol. The van der Waals surface area contributed by atoms with Crippen LogP contribution >= 0.6 is 0 Å². The van der Waals surface area contributed by atoms with E-state index in [1.54, 1.807) is 0 Å². The van der Waals surface area contributed by atoms with E-state index in [4.69, 9.17) is 0 Å². The van der Waals surface area contributed by atoms with Gasteiger partial charge in [0.15, 0.2) is 0 Å². The van der Waals surface area contributed by atoms with Gasteiger partial charge in [-0.3, -0.25) is 0 Å². The highest BCUT2D eigenvalue weighted by Crippen LogP contribution is 2.20. The second kappa shape index (κ2) is 3.27. The summed E-state index contributed by atoms with van der Waals surface area (Å²) in [5.74, 6) is 0. The maximum absolute atomic E-state index is 4.06. The van der Waals surface area contributed by atoms with E-state index in [0.717, 1.165) is 6.54 Å². The van der Waals surface area contributed by atoms with Gasteiger partial charge >= 0.3 is 0 Å². The van der Waals surface area contributed by atoms with Crippen LogP contribution in [0.5, 0.6) is 0 Å². The van der Waals surface area contributed by atoms with Gasteiger partial charge in [-0.15, -0.1) is 0 Å². The average Bonchev–Trinajstić information content (AvgIpc) is 2.56. The summed E-state index contributed by atoms with van der Waals surface area (Å²) in [5, 5.41) is 3.44. The zero-order valence-electron chi connectivity index (χ0n) is 7.40. The van der Waals surface area contributed by atoms with Crippen molar-refractivity contribution in [3.63, 3.8) is 0 Å². The van der Waals surface area contributed by atoms with E-state index in [1.807, 2.05) is 12.5 Å². The van der Waals surface area contributed by atoms with Gasteiger partial charge in [-0.2, -0.15) is 0 Å². The summed E-state index contributed by atoms with van der Waals surface area (Å²) in [6, 6.07) is 1.30. The molecule has 2 heterocycles. The molecule has 1 N–H and O–H groups in total. The molecular weight excluding hydrogens is 150 g/mol. The Balaban J connectivity index is 2.04. The summed E-state index contributed by atoms with van der Waals surface area (Å²) in [6.45, 7) is 3.37. The SMILES string of the molecule is C[C@H]1C[C@H](n2ccnc2)CCN1. The molecule has 12 heavy (non-hydrogen) atoms. The van der Waals surface area contributed by atoms with Crippen LogP contribution in [0, 0.1) is 0 Å². The molecule has 0 aliphatic carbocycles. The largest absolute Gasteiger partial charge is 0.334 e. The monoisotopic (exact) mass is 165 g/mol. The van der Waals surface area contributed by atoms with Crippen LogP contribution in [0.15, 0.2) is 18.7 Å². The van der Waals surface area contributed by atoms with E-state index in [9.17, 15) is 0 Å². The van der Waals surface area contributed by atoms with Crippen LogP contribution in [0.2, 0.25) is 0 Å². The molecule has 0 bridgehead atoms. The van der Waals surface area contributed by atoms with Crippen LogP contribution in [0.25, 0.3) is 0 Å². The normalized spacial score (nSPS) is 30.4. The van der Waals surface area contributed by atoms with Gasteiger partial charge in [0.1, 0.15) is 0 Å². The fourth-order valence-corrected chi connectivity index (χ4v) is 1.86. The van der Waals surface area contributed by atoms with Crippen molar-refractivity contribution in [1.82, 2.24) is 14.9 Å². The molecule has 2 rings (SSSR count). The molecule has 1 saturated heterocycles. The molecular formula is C9H15N3. The Kier molecular flexibility index (Phi) is 2.13. The lowest BCUT2D eigenvalue weighted by atomic mass is 10.0. The van der Waals surface area contributed by atoms with E-state index >= 15 is 0 Å². The van der Waals surface area contributed by atoms with Crippen LogP contribution < -0.4 is 5.32 Å². The molecule has 0 spiro atoms. The fraction of sp³-hybridized carbons (Fsp3) is 0.667. The van der Waals surface area contributed by atoms with E-state index in [-0.39, 0.29) is 0 Å². The Bertz CT molecular complexity index is 230. The molecule has 1 fully saturated rings. The minimum Gasteiger partial charge on any atom is -0.334 e. The van der Waals surface area contributed by atoms with Crippen molar-refractivity contribution < 1.29 is 0 Å². The quantitative estimate of drug-likeness (QED) is 0.677. The summed E-state index contributed by atoms with van der Waals surface area (Å²) in [5.41, 5.74) is 0. The predicted molar refractivity (Wildman–Crippen MR) is 48.0 cm³/mol. The van der Waals surface area contributed by atoms with Crippen LogP contribution in [-0.4, -0.2) is 22.1 Å². The highest BCUT2D eigenvalue weighted by atomic mass is 15.1. The molecule has 0 aromatic carbocycles. The van der Waals surface area contributed by atoms with Crippen molar-refractivity contribution in [3.05, 3.63) is 18.7 Å². The Morgan fingerprint density at radius 2 is 2.50 bits per heavy atom. The molecule has 1 aliphatic heterocycles. The van der Waals surface area contributed by atoms with E-state index in [0.29, 0.717) is 12.1 Å². The van der Waals surface area contributed by atoms with E-state index in [2.05, 4.69) is 28.0 Å².